The van der Waals surface area contributed by atoms with Gasteiger partial charge in [0, 0.05) is 15.7 Å². The molecule has 1 aliphatic rings. The van der Waals surface area contributed by atoms with Crippen LogP contribution >= 0.6 is 15.9 Å². The minimum atomic E-state index is -0.779. The summed E-state index contributed by atoms with van der Waals surface area (Å²) >= 11 is 3.33. The van der Waals surface area contributed by atoms with E-state index < -0.39 is 17.8 Å². The molecule has 2 heterocycles. The number of esters is 1. The van der Waals surface area contributed by atoms with E-state index in [1.165, 1.54) is 23.2 Å². The molecule has 1 atom stereocenters. The Morgan fingerprint density at radius 3 is 3.12 bits per heavy atom. The highest BCUT2D eigenvalue weighted by atomic mass is 79.9. The predicted octanol–water partition coefficient (Wildman–Crippen LogP) is 3.20. The molecule has 2 aromatic rings. The van der Waals surface area contributed by atoms with Crippen LogP contribution in [-0.4, -0.2) is 27.3 Å². The molecule has 0 bridgehead atoms. The zero-order valence-corrected chi connectivity index (χ0v) is 14.4. The summed E-state index contributed by atoms with van der Waals surface area (Å²) in [6, 6.07) is 3.76. The standard InChI is InChI=1S/C16H14BrFN4O2/c1-3-6-24-15(23)13-9(2)21-16-19-8-20-22(16)14(13)11-7-10(17)4-5-12(11)18/h3-5,7-8,14H,1,6H2,2H3,(H,19,20,21)/t14-/m1/s1. The topological polar surface area (TPSA) is 69.0 Å². The molecule has 24 heavy (non-hydrogen) atoms. The van der Waals surface area contributed by atoms with Crippen molar-refractivity contribution in [3.05, 3.63) is 64.3 Å². The molecule has 0 radical (unpaired) electrons. The van der Waals surface area contributed by atoms with Crippen LogP contribution in [0.3, 0.4) is 0 Å². The quantitative estimate of drug-likeness (QED) is 0.638. The third-order valence-corrected chi connectivity index (χ3v) is 4.09. The van der Waals surface area contributed by atoms with Gasteiger partial charge in [-0.3, -0.25) is 0 Å². The number of hydrogen-bond acceptors (Lipinski definition) is 5. The molecule has 1 N–H and O–H groups in total. The van der Waals surface area contributed by atoms with Crippen LogP contribution in [0.25, 0.3) is 0 Å². The highest BCUT2D eigenvalue weighted by Gasteiger charge is 2.35. The minimum absolute atomic E-state index is 0.0630. The molecular weight excluding hydrogens is 379 g/mol. The molecule has 0 aliphatic carbocycles. The minimum Gasteiger partial charge on any atom is -0.458 e. The van der Waals surface area contributed by atoms with Crippen molar-refractivity contribution in [3.8, 4) is 0 Å². The highest BCUT2D eigenvalue weighted by Crippen LogP contribution is 2.37. The normalized spacial score (nSPS) is 16.4. The maximum absolute atomic E-state index is 14.5. The van der Waals surface area contributed by atoms with Gasteiger partial charge in [0.1, 0.15) is 24.8 Å². The van der Waals surface area contributed by atoms with Gasteiger partial charge in [0.25, 0.3) is 0 Å². The van der Waals surface area contributed by atoms with Crippen molar-refractivity contribution in [2.24, 2.45) is 0 Å². The summed E-state index contributed by atoms with van der Waals surface area (Å²) in [4.78, 5) is 16.6. The smallest absolute Gasteiger partial charge is 0.338 e. The Labute approximate surface area is 146 Å². The summed E-state index contributed by atoms with van der Waals surface area (Å²) in [5.74, 6) is -0.587. The first kappa shape index (κ1) is 16.4. The third kappa shape index (κ3) is 2.84. The molecule has 1 aromatic heterocycles. The van der Waals surface area contributed by atoms with Gasteiger partial charge in [-0.1, -0.05) is 28.6 Å². The van der Waals surface area contributed by atoms with Crippen LogP contribution in [0, 0.1) is 5.82 Å². The van der Waals surface area contributed by atoms with Gasteiger partial charge in [0.2, 0.25) is 5.95 Å². The molecule has 0 saturated heterocycles. The molecule has 1 aromatic carbocycles. The fraction of sp³-hybridized carbons (Fsp3) is 0.188. The number of aromatic nitrogens is 3. The maximum atomic E-state index is 14.5. The Bertz CT molecular complexity index is 846. The van der Waals surface area contributed by atoms with E-state index in [4.69, 9.17) is 4.74 Å². The number of ether oxygens (including phenoxy) is 1. The van der Waals surface area contributed by atoms with Gasteiger partial charge in [-0.25, -0.2) is 13.9 Å². The second kappa shape index (κ2) is 6.56. The van der Waals surface area contributed by atoms with E-state index in [-0.39, 0.29) is 12.2 Å². The first-order valence-corrected chi connectivity index (χ1v) is 7.92. The van der Waals surface area contributed by atoms with Gasteiger partial charge < -0.3 is 10.1 Å². The molecule has 0 unspecified atom stereocenters. The molecule has 0 saturated carbocycles. The van der Waals surface area contributed by atoms with Crippen LogP contribution < -0.4 is 5.32 Å². The van der Waals surface area contributed by atoms with Gasteiger partial charge in [-0.05, 0) is 25.1 Å². The van der Waals surface area contributed by atoms with Crippen molar-refractivity contribution in [3.63, 3.8) is 0 Å². The van der Waals surface area contributed by atoms with Crippen molar-refractivity contribution in [1.29, 1.82) is 0 Å². The average molecular weight is 393 g/mol. The second-order valence-electron chi connectivity index (χ2n) is 5.15. The molecule has 8 heteroatoms. The van der Waals surface area contributed by atoms with Crippen molar-refractivity contribution in [2.45, 2.75) is 13.0 Å². The molecule has 0 amide bonds. The zero-order valence-electron chi connectivity index (χ0n) is 12.8. The van der Waals surface area contributed by atoms with Crippen LogP contribution in [0.4, 0.5) is 10.3 Å². The maximum Gasteiger partial charge on any atom is 0.338 e. The lowest BCUT2D eigenvalue weighted by molar-refractivity contribution is -0.138. The number of rotatable bonds is 4. The fourth-order valence-corrected chi connectivity index (χ4v) is 2.96. The summed E-state index contributed by atoms with van der Waals surface area (Å²) in [7, 11) is 0. The molecule has 124 valence electrons. The lowest BCUT2D eigenvalue weighted by Gasteiger charge is -2.28. The fourth-order valence-electron chi connectivity index (χ4n) is 2.58. The predicted molar refractivity (Wildman–Crippen MR) is 89.7 cm³/mol. The number of nitrogens with one attached hydrogen (secondary N) is 1. The molecule has 0 spiro atoms. The number of halogens is 2. The van der Waals surface area contributed by atoms with E-state index in [1.807, 2.05) is 0 Å². The van der Waals surface area contributed by atoms with Gasteiger partial charge in [-0.2, -0.15) is 10.1 Å². The van der Waals surface area contributed by atoms with Crippen molar-refractivity contribution in [1.82, 2.24) is 14.8 Å². The van der Waals surface area contributed by atoms with Gasteiger partial charge >= 0.3 is 5.97 Å². The summed E-state index contributed by atoms with van der Waals surface area (Å²) in [6.07, 6.45) is 2.82. The Balaban J connectivity index is 2.16. The number of allylic oxidation sites excluding steroid dienone is 1. The van der Waals surface area contributed by atoms with E-state index in [9.17, 15) is 9.18 Å². The molecule has 3 rings (SSSR count). The van der Waals surface area contributed by atoms with Crippen molar-refractivity contribution in [2.75, 3.05) is 11.9 Å². The van der Waals surface area contributed by atoms with Crippen LogP contribution in [0.5, 0.6) is 0 Å². The van der Waals surface area contributed by atoms with Gasteiger partial charge in [0.15, 0.2) is 0 Å². The van der Waals surface area contributed by atoms with Crippen LogP contribution in [0.2, 0.25) is 0 Å². The molecule has 1 aliphatic heterocycles. The molecule has 0 fully saturated rings. The number of fused-ring (bicyclic) bond motifs is 1. The van der Waals surface area contributed by atoms with E-state index in [0.29, 0.717) is 21.7 Å². The summed E-state index contributed by atoms with van der Waals surface area (Å²) < 4.78 is 21.8. The van der Waals surface area contributed by atoms with E-state index >= 15 is 0 Å². The molecular formula is C16H14BrFN4O2. The van der Waals surface area contributed by atoms with E-state index in [2.05, 4.69) is 37.9 Å². The Morgan fingerprint density at radius 1 is 1.58 bits per heavy atom. The average Bonchev–Trinajstić information content (AvgIpc) is 3.01. The zero-order chi connectivity index (χ0) is 17.3. The number of anilines is 1. The summed E-state index contributed by atoms with van der Waals surface area (Å²) in [5, 5.41) is 7.12. The van der Waals surface area contributed by atoms with Crippen LogP contribution in [-0.2, 0) is 9.53 Å². The first-order chi connectivity index (χ1) is 11.5. The van der Waals surface area contributed by atoms with Crippen molar-refractivity contribution >= 4 is 27.8 Å². The van der Waals surface area contributed by atoms with Crippen molar-refractivity contribution < 1.29 is 13.9 Å². The number of carbonyl (C=O) groups excluding carboxylic acids is 1. The van der Waals surface area contributed by atoms with Crippen LogP contribution in [0.1, 0.15) is 18.5 Å². The lowest BCUT2D eigenvalue weighted by atomic mass is 9.95. The summed E-state index contributed by atoms with van der Waals surface area (Å²) in [6.45, 7) is 5.30. The second-order valence-corrected chi connectivity index (χ2v) is 6.06. The number of nitrogens with zero attached hydrogens (tertiary/aromatic N) is 3. The van der Waals surface area contributed by atoms with E-state index in [0.717, 1.165) is 0 Å². The molecule has 6 nitrogen and oxygen atoms in total. The Hall–Kier alpha value is -2.48. The number of hydrogen-bond donors (Lipinski definition) is 1. The van der Waals surface area contributed by atoms with Gasteiger partial charge in [-0.15, -0.1) is 0 Å². The highest BCUT2D eigenvalue weighted by molar-refractivity contribution is 9.10. The first-order valence-electron chi connectivity index (χ1n) is 7.13. The lowest BCUT2D eigenvalue weighted by Crippen LogP contribution is -2.30. The SMILES string of the molecule is C=CCOC(=O)C1=C(C)Nc2ncnn2[C@@H]1c1cc(Br)ccc1F. The third-order valence-electron chi connectivity index (χ3n) is 3.60. The Morgan fingerprint density at radius 2 is 2.38 bits per heavy atom. The van der Waals surface area contributed by atoms with Crippen LogP contribution in [0.15, 0.2) is 52.9 Å². The largest absolute Gasteiger partial charge is 0.458 e. The Kier molecular flexibility index (Phi) is 4.48. The van der Waals surface area contributed by atoms with E-state index in [1.54, 1.807) is 19.1 Å². The van der Waals surface area contributed by atoms with Gasteiger partial charge in [0.05, 0.1) is 5.57 Å². The number of carbonyl (C=O) groups is 1. The monoisotopic (exact) mass is 392 g/mol. The number of benzene rings is 1. The summed E-state index contributed by atoms with van der Waals surface area (Å²) in [5.41, 5.74) is 1.10.